The highest BCUT2D eigenvalue weighted by Crippen LogP contribution is 2.37. The van der Waals surface area contributed by atoms with Crippen molar-refractivity contribution < 1.29 is 9.47 Å². The summed E-state index contributed by atoms with van der Waals surface area (Å²) in [6.07, 6.45) is 3.26. The first kappa shape index (κ1) is 15.4. The molecule has 1 fully saturated rings. The Morgan fingerprint density at radius 3 is 2.79 bits per heavy atom. The van der Waals surface area contributed by atoms with Crippen molar-refractivity contribution in [2.45, 2.75) is 0 Å². The number of rotatable bonds is 3. The number of fused-ring (bicyclic) bond motifs is 1. The largest absolute Gasteiger partial charge is 0.423 e. The molecular weight excluding hydrogens is 353 g/mol. The lowest BCUT2D eigenvalue weighted by molar-refractivity contribution is 0.122. The highest BCUT2D eigenvalue weighted by molar-refractivity contribution is 6.45. The minimum atomic E-state index is 0.201. The molecule has 0 radical (unpaired) electrons. The lowest BCUT2D eigenvalue weighted by Crippen LogP contribution is -2.37. The lowest BCUT2D eigenvalue weighted by Gasteiger charge is -2.28. The number of ether oxygens (including phenoxy) is 2. The Morgan fingerprint density at radius 1 is 1.21 bits per heavy atom. The van der Waals surface area contributed by atoms with Crippen LogP contribution < -0.4 is 9.64 Å². The van der Waals surface area contributed by atoms with E-state index in [9.17, 15) is 0 Å². The minimum Gasteiger partial charge on any atom is -0.423 e. The molecule has 0 bridgehead atoms. The number of hydrogen-bond donors (Lipinski definition) is 1. The Balaban J connectivity index is 1.81. The molecule has 24 heavy (non-hydrogen) atoms. The topological polar surface area (TPSA) is 76.2 Å². The normalized spacial score (nSPS) is 15.0. The van der Waals surface area contributed by atoms with E-state index >= 15 is 0 Å². The average Bonchev–Trinajstić information content (AvgIpc) is 2.90. The molecule has 0 unspecified atom stereocenters. The van der Waals surface area contributed by atoms with Gasteiger partial charge in [0.2, 0.25) is 0 Å². The number of aromatic nitrogens is 4. The maximum absolute atomic E-state index is 6.33. The van der Waals surface area contributed by atoms with E-state index in [4.69, 9.17) is 32.7 Å². The molecule has 0 atom stereocenters. The van der Waals surface area contributed by atoms with Gasteiger partial charge in [0, 0.05) is 19.3 Å². The van der Waals surface area contributed by atoms with Crippen LogP contribution in [0.25, 0.3) is 11.0 Å². The van der Waals surface area contributed by atoms with Crippen molar-refractivity contribution in [1.82, 2.24) is 19.9 Å². The van der Waals surface area contributed by atoms with Crippen LogP contribution in [0.15, 0.2) is 24.5 Å². The lowest BCUT2D eigenvalue weighted by atomic mass is 10.3. The van der Waals surface area contributed by atoms with Gasteiger partial charge in [-0.1, -0.05) is 23.2 Å². The van der Waals surface area contributed by atoms with Crippen LogP contribution in [0.5, 0.6) is 11.8 Å². The number of nitrogens with zero attached hydrogens (tertiary/aromatic N) is 4. The van der Waals surface area contributed by atoms with Crippen LogP contribution in [0.2, 0.25) is 10.2 Å². The molecule has 0 aromatic carbocycles. The van der Waals surface area contributed by atoms with Crippen molar-refractivity contribution in [3.63, 3.8) is 0 Å². The Labute approximate surface area is 147 Å². The third-order valence-corrected chi connectivity index (χ3v) is 4.42. The molecular formula is C15H13Cl2N5O2. The van der Waals surface area contributed by atoms with Crippen molar-refractivity contribution in [3.05, 3.63) is 34.7 Å². The summed E-state index contributed by atoms with van der Waals surface area (Å²) in [5.74, 6) is 1.23. The van der Waals surface area contributed by atoms with Gasteiger partial charge in [0.1, 0.15) is 22.4 Å². The first-order valence-electron chi connectivity index (χ1n) is 7.37. The molecule has 0 saturated carbocycles. The Morgan fingerprint density at radius 2 is 2.04 bits per heavy atom. The quantitative estimate of drug-likeness (QED) is 0.767. The van der Waals surface area contributed by atoms with Gasteiger partial charge in [0.25, 0.3) is 0 Å². The molecule has 1 aliphatic heterocycles. The van der Waals surface area contributed by atoms with Crippen molar-refractivity contribution in [1.29, 1.82) is 0 Å². The standard InChI is InChI=1S/C15H13Cl2N5O2/c16-11-10-13(19-12(11)17)20-15(24-9-2-1-3-18-8-9)21-14(10)22-4-6-23-7-5-22/h1-3,8H,4-7H2,(H,19,20,21). The van der Waals surface area contributed by atoms with Crippen molar-refractivity contribution >= 4 is 40.1 Å². The van der Waals surface area contributed by atoms with Gasteiger partial charge in [-0.2, -0.15) is 9.97 Å². The second-order valence-corrected chi connectivity index (χ2v) is 5.95. The van der Waals surface area contributed by atoms with E-state index in [0.717, 1.165) is 0 Å². The second-order valence-electron chi connectivity index (χ2n) is 5.20. The molecule has 0 aliphatic carbocycles. The van der Waals surface area contributed by atoms with E-state index in [1.54, 1.807) is 24.5 Å². The van der Waals surface area contributed by atoms with Crippen LogP contribution in [0.3, 0.4) is 0 Å². The third kappa shape index (κ3) is 2.86. The van der Waals surface area contributed by atoms with Crippen LogP contribution in [-0.4, -0.2) is 46.2 Å². The van der Waals surface area contributed by atoms with Crippen LogP contribution in [0.4, 0.5) is 5.82 Å². The smallest absolute Gasteiger partial charge is 0.326 e. The highest BCUT2D eigenvalue weighted by Gasteiger charge is 2.22. The highest BCUT2D eigenvalue weighted by atomic mass is 35.5. The number of hydrogen-bond acceptors (Lipinski definition) is 6. The summed E-state index contributed by atoms with van der Waals surface area (Å²) in [4.78, 5) is 18.0. The fourth-order valence-electron chi connectivity index (χ4n) is 2.55. The van der Waals surface area contributed by atoms with Gasteiger partial charge in [-0.05, 0) is 12.1 Å². The molecule has 7 nitrogen and oxygen atoms in total. The summed E-state index contributed by atoms with van der Waals surface area (Å²) >= 11 is 12.5. The van der Waals surface area contributed by atoms with Gasteiger partial charge in [0.15, 0.2) is 0 Å². The molecule has 3 aromatic heterocycles. The molecule has 3 aromatic rings. The summed E-state index contributed by atoms with van der Waals surface area (Å²) in [7, 11) is 0. The van der Waals surface area contributed by atoms with Crippen molar-refractivity contribution in [2.24, 2.45) is 0 Å². The molecule has 1 saturated heterocycles. The first-order valence-corrected chi connectivity index (χ1v) is 8.13. The Kier molecular flexibility index (Phi) is 4.13. The zero-order chi connectivity index (χ0) is 16.5. The predicted octanol–water partition coefficient (Wildman–Crippen LogP) is 3.29. The molecule has 4 rings (SSSR count). The maximum Gasteiger partial charge on any atom is 0.326 e. The number of aromatic amines is 1. The van der Waals surface area contributed by atoms with E-state index in [2.05, 4.69) is 24.8 Å². The summed E-state index contributed by atoms with van der Waals surface area (Å²) in [6.45, 7) is 2.66. The zero-order valence-electron chi connectivity index (χ0n) is 12.5. The van der Waals surface area contributed by atoms with E-state index < -0.39 is 0 Å². The van der Waals surface area contributed by atoms with E-state index in [1.165, 1.54) is 0 Å². The Bertz CT molecular complexity index is 865. The predicted molar refractivity (Wildman–Crippen MR) is 91.3 cm³/mol. The molecule has 9 heteroatoms. The average molecular weight is 366 g/mol. The number of morpholine rings is 1. The van der Waals surface area contributed by atoms with Crippen LogP contribution in [-0.2, 0) is 4.74 Å². The number of anilines is 1. The van der Waals surface area contributed by atoms with E-state index in [0.29, 0.717) is 59.1 Å². The number of nitrogens with one attached hydrogen (secondary N) is 1. The zero-order valence-corrected chi connectivity index (χ0v) is 14.0. The van der Waals surface area contributed by atoms with Gasteiger partial charge in [-0.25, -0.2) is 0 Å². The van der Waals surface area contributed by atoms with Crippen LogP contribution >= 0.6 is 23.2 Å². The van der Waals surface area contributed by atoms with Crippen LogP contribution in [0, 0.1) is 0 Å². The van der Waals surface area contributed by atoms with Crippen molar-refractivity contribution in [3.8, 4) is 11.8 Å². The maximum atomic E-state index is 6.33. The van der Waals surface area contributed by atoms with E-state index in [1.807, 2.05) is 0 Å². The van der Waals surface area contributed by atoms with Crippen molar-refractivity contribution in [2.75, 3.05) is 31.2 Å². The second kappa shape index (κ2) is 6.43. The molecule has 1 N–H and O–H groups in total. The van der Waals surface area contributed by atoms with Gasteiger partial charge in [-0.15, -0.1) is 0 Å². The minimum absolute atomic E-state index is 0.201. The summed E-state index contributed by atoms with van der Waals surface area (Å²) in [5, 5.41) is 1.41. The molecule has 0 spiro atoms. The van der Waals surface area contributed by atoms with E-state index in [-0.39, 0.29) is 6.01 Å². The summed E-state index contributed by atoms with van der Waals surface area (Å²) in [6, 6.07) is 3.76. The van der Waals surface area contributed by atoms with Gasteiger partial charge in [0.05, 0.1) is 29.8 Å². The summed E-state index contributed by atoms with van der Waals surface area (Å²) < 4.78 is 11.1. The fourth-order valence-corrected chi connectivity index (χ4v) is 2.96. The monoisotopic (exact) mass is 365 g/mol. The van der Waals surface area contributed by atoms with Gasteiger partial charge >= 0.3 is 6.01 Å². The Hall–Kier alpha value is -2.09. The van der Waals surface area contributed by atoms with Crippen LogP contribution in [0.1, 0.15) is 0 Å². The molecule has 4 heterocycles. The number of halogens is 2. The summed E-state index contributed by atoms with van der Waals surface area (Å²) in [5.41, 5.74) is 0.528. The fraction of sp³-hybridized carbons (Fsp3) is 0.267. The third-order valence-electron chi connectivity index (χ3n) is 3.66. The first-order chi connectivity index (χ1) is 11.7. The molecule has 124 valence electrons. The molecule has 0 amide bonds. The molecule has 1 aliphatic rings. The number of H-pyrrole nitrogens is 1. The SMILES string of the molecule is Clc1[nH]c2nc(Oc3cccnc3)nc(N3CCOCC3)c2c1Cl. The number of pyridine rings is 1. The van der Waals surface area contributed by atoms with Gasteiger partial charge in [-0.3, -0.25) is 4.98 Å². The van der Waals surface area contributed by atoms with Gasteiger partial charge < -0.3 is 19.4 Å².